The molecule has 0 amide bonds. The predicted molar refractivity (Wildman–Crippen MR) is 102 cm³/mol. The number of aromatic nitrogens is 4. The maximum Gasteiger partial charge on any atom is 0.136 e. The zero-order valence-corrected chi connectivity index (χ0v) is 15.6. The van der Waals surface area contributed by atoms with Gasteiger partial charge in [-0.3, -0.25) is 0 Å². The van der Waals surface area contributed by atoms with Crippen molar-refractivity contribution in [2.75, 3.05) is 18.0 Å². The van der Waals surface area contributed by atoms with Gasteiger partial charge in [0, 0.05) is 34.9 Å². The maximum atomic E-state index is 4.89. The Balaban J connectivity index is 1.34. The van der Waals surface area contributed by atoms with Crippen LogP contribution in [0, 0.1) is 0 Å². The van der Waals surface area contributed by atoms with Crippen LogP contribution in [0.5, 0.6) is 0 Å². The van der Waals surface area contributed by atoms with Gasteiger partial charge in [0.1, 0.15) is 18.0 Å². The van der Waals surface area contributed by atoms with E-state index >= 15 is 0 Å². The second-order valence-corrected chi connectivity index (χ2v) is 7.92. The summed E-state index contributed by atoms with van der Waals surface area (Å²) in [6, 6.07) is 11.2. The normalized spacial score (nSPS) is 18.8. The number of fused-ring (bicyclic) bond motifs is 1. The molecule has 2 aliphatic rings. The van der Waals surface area contributed by atoms with Gasteiger partial charge in [0.25, 0.3) is 0 Å². The number of rotatable bonds is 3. The lowest BCUT2D eigenvalue weighted by Gasteiger charge is -2.32. The molecule has 1 saturated heterocycles. The third kappa shape index (κ3) is 2.82. The highest BCUT2D eigenvalue weighted by Crippen LogP contribution is 2.38. The molecular formula is C19H20BrN5. The molecule has 25 heavy (non-hydrogen) atoms. The van der Waals surface area contributed by atoms with E-state index < -0.39 is 0 Å². The van der Waals surface area contributed by atoms with Crippen LogP contribution in [0.3, 0.4) is 0 Å². The van der Waals surface area contributed by atoms with Gasteiger partial charge in [0.2, 0.25) is 0 Å². The standard InChI is InChI=1S/C19H20BrN5/c20-16-3-1-2-13-4-7-17(22-18(13)16)24-10-8-14(9-11-24)19-23-21-12-25(19)15-5-6-15/h1-4,7,12,14-15H,5-6,8-11H2. The molecule has 0 radical (unpaired) electrons. The van der Waals surface area contributed by atoms with Crippen LogP contribution in [-0.4, -0.2) is 32.8 Å². The summed E-state index contributed by atoms with van der Waals surface area (Å²) >= 11 is 3.62. The van der Waals surface area contributed by atoms with Gasteiger partial charge < -0.3 is 9.47 Å². The Bertz CT molecular complexity index is 909. The molecule has 6 heteroatoms. The smallest absolute Gasteiger partial charge is 0.136 e. The van der Waals surface area contributed by atoms with Crippen molar-refractivity contribution in [1.82, 2.24) is 19.7 Å². The van der Waals surface area contributed by atoms with Crippen molar-refractivity contribution in [2.24, 2.45) is 0 Å². The quantitative estimate of drug-likeness (QED) is 0.660. The molecule has 3 heterocycles. The summed E-state index contributed by atoms with van der Waals surface area (Å²) in [4.78, 5) is 7.28. The topological polar surface area (TPSA) is 46.8 Å². The van der Waals surface area contributed by atoms with Crippen LogP contribution in [0.25, 0.3) is 10.9 Å². The number of anilines is 1. The molecule has 2 fully saturated rings. The Morgan fingerprint density at radius 1 is 1.00 bits per heavy atom. The largest absolute Gasteiger partial charge is 0.357 e. The first-order chi connectivity index (χ1) is 12.3. The second-order valence-electron chi connectivity index (χ2n) is 7.07. The zero-order chi connectivity index (χ0) is 16.8. The zero-order valence-electron chi connectivity index (χ0n) is 14.0. The van der Waals surface area contributed by atoms with Gasteiger partial charge in [-0.1, -0.05) is 12.1 Å². The molecule has 3 aromatic rings. The minimum atomic E-state index is 0.520. The van der Waals surface area contributed by atoms with E-state index in [1.54, 1.807) is 0 Å². The van der Waals surface area contributed by atoms with E-state index in [1.165, 1.54) is 24.1 Å². The number of hydrogen-bond acceptors (Lipinski definition) is 4. The van der Waals surface area contributed by atoms with Gasteiger partial charge in [0.05, 0.1) is 5.52 Å². The highest BCUT2D eigenvalue weighted by Gasteiger charge is 2.31. The fourth-order valence-corrected chi connectivity index (χ4v) is 4.29. The highest BCUT2D eigenvalue weighted by molar-refractivity contribution is 9.10. The van der Waals surface area contributed by atoms with E-state index in [9.17, 15) is 0 Å². The number of halogens is 1. The van der Waals surface area contributed by atoms with Crippen LogP contribution >= 0.6 is 15.9 Å². The molecule has 0 atom stereocenters. The third-order valence-electron chi connectivity index (χ3n) is 5.38. The predicted octanol–water partition coefficient (Wildman–Crippen LogP) is 4.31. The van der Waals surface area contributed by atoms with Crippen LogP contribution in [0.2, 0.25) is 0 Å². The van der Waals surface area contributed by atoms with E-state index in [4.69, 9.17) is 4.98 Å². The van der Waals surface area contributed by atoms with Crippen molar-refractivity contribution in [3.63, 3.8) is 0 Å². The molecule has 1 saturated carbocycles. The molecule has 5 nitrogen and oxygen atoms in total. The van der Waals surface area contributed by atoms with Gasteiger partial charge in [-0.2, -0.15) is 0 Å². The summed E-state index contributed by atoms with van der Waals surface area (Å²) in [6.45, 7) is 2.04. The monoisotopic (exact) mass is 397 g/mol. The van der Waals surface area contributed by atoms with Crippen LogP contribution in [0.15, 0.2) is 41.1 Å². The number of benzene rings is 1. The lowest BCUT2D eigenvalue weighted by atomic mass is 9.96. The first-order valence-corrected chi connectivity index (χ1v) is 9.78. The number of hydrogen-bond donors (Lipinski definition) is 0. The van der Waals surface area contributed by atoms with Gasteiger partial charge in [-0.25, -0.2) is 4.98 Å². The summed E-state index contributed by atoms with van der Waals surface area (Å²) in [7, 11) is 0. The minimum absolute atomic E-state index is 0.520. The lowest BCUT2D eigenvalue weighted by molar-refractivity contribution is 0.463. The van der Waals surface area contributed by atoms with Gasteiger partial charge in [-0.05, 0) is 59.8 Å². The Labute approximate surface area is 155 Å². The lowest BCUT2D eigenvalue weighted by Crippen LogP contribution is -2.34. The van der Waals surface area contributed by atoms with E-state index in [1.807, 2.05) is 6.33 Å². The molecule has 1 aliphatic carbocycles. The molecule has 0 bridgehead atoms. The third-order valence-corrected chi connectivity index (χ3v) is 6.02. The molecule has 0 unspecified atom stereocenters. The van der Waals surface area contributed by atoms with Crippen LogP contribution < -0.4 is 4.90 Å². The van der Waals surface area contributed by atoms with Gasteiger partial charge in [0.15, 0.2) is 0 Å². The Morgan fingerprint density at radius 3 is 2.64 bits per heavy atom. The van der Waals surface area contributed by atoms with Crippen molar-refractivity contribution in [1.29, 1.82) is 0 Å². The number of pyridine rings is 1. The molecule has 0 N–H and O–H groups in total. The average molecular weight is 398 g/mol. The van der Waals surface area contributed by atoms with Crippen LogP contribution in [0.4, 0.5) is 5.82 Å². The second kappa shape index (κ2) is 6.09. The van der Waals surface area contributed by atoms with Crippen LogP contribution in [0.1, 0.15) is 43.5 Å². The fraction of sp³-hybridized carbons (Fsp3) is 0.421. The van der Waals surface area contributed by atoms with Gasteiger partial charge >= 0.3 is 0 Å². The molecule has 128 valence electrons. The molecule has 5 rings (SSSR count). The summed E-state index contributed by atoms with van der Waals surface area (Å²) in [5.41, 5.74) is 1.04. The first-order valence-electron chi connectivity index (χ1n) is 8.99. The van der Waals surface area contributed by atoms with E-state index in [2.05, 4.69) is 65.9 Å². The van der Waals surface area contributed by atoms with Crippen molar-refractivity contribution >= 4 is 32.7 Å². The summed E-state index contributed by atoms with van der Waals surface area (Å²) in [5.74, 6) is 2.78. The Morgan fingerprint density at radius 2 is 1.84 bits per heavy atom. The Hall–Kier alpha value is -1.95. The molecular weight excluding hydrogens is 378 g/mol. The van der Waals surface area contributed by atoms with Crippen molar-refractivity contribution in [3.8, 4) is 0 Å². The van der Waals surface area contributed by atoms with Crippen LogP contribution in [-0.2, 0) is 0 Å². The molecule has 1 aliphatic heterocycles. The fourth-order valence-electron chi connectivity index (χ4n) is 3.82. The Kier molecular flexibility index (Phi) is 3.73. The van der Waals surface area contributed by atoms with Crippen molar-refractivity contribution < 1.29 is 0 Å². The highest BCUT2D eigenvalue weighted by atomic mass is 79.9. The summed E-state index contributed by atoms with van der Waals surface area (Å²) < 4.78 is 3.37. The SMILES string of the molecule is Brc1cccc2ccc(N3CCC(c4nncn4C4CC4)CC3)nc12. The maximum absolute atomic E-state index is 4.89. The minimum Gasteiger partial charge on any atom is -0.357 e. The average Bonchev–Trinajstić information content (AvgIpc) is 3.39. The molecule has 1 aromatic carbocycles. The summed E-state index contributed by atoms with van der Waals surface area (Å²) in [5, 5.41) is 9.76. The van der Waals surface area contributed by atoms with Crippen molar-refractivity contribution in [3.05, 3.63) is 47.0 Å². The van der Waals surface area contributed by atoms with Crippen molar-refractivity contribution in [2.45, 2.75) is 37.6 Å². The molecule has 2 aromatic heterocycles. The first kappa shape index (κ1) is 15.3. The van der Waals surface area contributed by atoms with E-state index in [0.717, 1.165) is 41.7 Å². The number of nitrogens with zero attached hydrogens (tertiary/aromatic N) is 5. The van der Waals surface area contributed by atoms with E-state index in [0.29, 0.717) is 12.0 Å². The van der Waals surface area contributed by atoms with Gasteiger partial charge in [-0.15, -0.1) is 10.2 Å². The molecule has 0 spiro atoms. The van der Waals surface area contributed by atoms with E-state index in [-0.39, 0.29) is 0 Å². The number of piperidine rings is 1. The number of para-hydroxylation sites is 1. The summed E-state index contributed by atoms with van der Waals surface area (Å²) in [6.07, 6.45) is 6.70.